The minimum absolute atomic E-state index is 0.749. The third kappa shape index (κ3) is 1.20. The average Bonchev–Trinajstić information content (AvgIpc) is 2.65. The Labute approximate surface area is 102 Å². The minimum Gasteiger partial charge on any atom is -0.382 e. The van der Waals surface area contributed by atoms with E-state index in [0.29, 0.717) is 0 Å². The molecule has 3 aliphatic carbocycles. The van der Waals surface area contributed by atoms with Crippen LogP contribution in [-0.4, -0.2) is 10.2 Å². The summed E-state index contributed by atoms with van der Waals surface area (Å²) in [4.78, 5) is 0. The van der Waals surface area contributed by atoms with Crippen LogP contribution in [0.25, 0.3) is 0 Å². The molecular weight excluding hydrogens is 210 g/mol. The molecule has 17 heavy (non-hydrogen) atoms. The van der Waals surface area contributed by atoms with Crippen LogP contribution in [0.15, 0.2) is 0 Å². The fourth-order valence-corrected chi connectivity index (χ4v) is 4.89. The number of aromatic amines is 1. The zero-order valence-corrected chi connectivity index (χ0v) is 10.4. The van der Waals surface area contributed by atoms with E-state index in [2.05, 4.69) is 17.1 Å². The highest BCUT2D eigenvalue weighted by Crippen LogP contribution is 2.73. The Kier molecular flexibility index (Phi) is 1.92. The van der Waals surface area contributed by atoms with E-state index in [1.165, 1.54) is 30.5 Å². The van der Waals surface area contributed by atoms with Crippen molar-refractivity contribution in [3.63, 3.8) is 0 Å². The van der Waals surface area contributed by atoms with Crippen LogP contribution < -0.4 is 5.73 Å². The summed E-state index contributed by atoms with van der Waals surface area (Å²) in [7, 11) is 0. The van der Waals surface area contributed by atoms with Crippen molar-refractivity contribution < 1.29 is 0 Å². The summed E-state index contributed by atoms with van der Waals surface area (Å²) in [5.74, 6) is 5.53. The number of hydrogen-bond donors (Lipinski definition) is 2. The quantitative estimate of drug-likeness (QED) is 0.840. The van der Waals surface area contributed by atoms with Gasteiger partial charge in [0.2, 0.25) is 0 Å². The predicted molar refractivity (Wildman–Crippen MR) is 67.5 cm³/mol. The van der Waals surface area contributed by atoms with Gasteiger partial charge in [0.05, 0.1) is 0 Å². The molecule has 1 aromatic rings. The van der Waals surface area contributed by atoms with Gasteiger partial charge in [0, 0.05) is 17.2 Å². The first-order valence-electron chi connectivity index (χ1n) is 7.13. The number of rotatable bonds is 3. The van der Waals surface area contributed by atoms with E-state index in [9.17, 15) is 0 Å². The van der Waals surface area contributed by atoms with E-state index in [-0.39, 0.29) is 0 Å². The summed E-state index contributed by atoms with van der Waals surface area (Å²) in [6.45, 7) is 2.22. The van der Waals surface area contributed by atoms with Crippen LogP contribution in [0.4, 0.5) is 5.82 Å². The fraction of sp³-hybridized carbons (Fsp3) is 0.786. The Bertz CT molecular complexity index is 434. The van der Waals surface area contributed by atoms with Crippen LogP contribution in [0.1, 0.15) is 49.8 Å². The second-order valence-corrected chi connectivity index (χ2v) is 6.26. The molecule has 92 valence electrons. The summed E-state index contributed by atoms with van der Waals surface area (Å²) >= 11 is 0. The molecule has 1 aromatic heterocycles. The normalized spacial score (nSPS) is 41.8. The first kappa shape index (κ1) is 9.98. The van der Waals surface area contributed by atoms with Crippen molar-refractivity contribution in [1.82, 2.24) is 10.2 Å². The van der Waals surface area contributed by atoms with Crippen LogP contribution in [0.3, 0.4) is 0 Å². The first-order valence-corrected chi connectivity index (χ1v) is 7.13. The molecular formula is C14H21N3. The molecule has 0 saturated heterocycles. The summed E-state index contributed by atoms with van der Waals surface area (Å²) in [6.07, 6.45) is 6.72. The van der Waals surface area contributed by atoms with E-state index in [1.54, 1.807) is 0 Å². The highest BCUT2D eigenvalue weighted by molar-refractivity contribution is 5.46. The van der Waals surface area contributed by atoms with Crippen LogP contribution >= 0.6 is 0 Å². The molecule has 2 bridgehead atoms. The second kappa shape index (κ2) is 3.27. The molecule has 0 amide bonds. The zero-order valence-electron chi connectivity index (χ0n) is 10.4. The third-order valence-corrected chi connectivity index (χ3v) is 5.50. The second-order valence-electron chi connectivity index (χ2n) is 6.26. The summed E-state index contributed by atoms with van der Waals surface area (Å²) in [6, 6.07) is 0. The van der Waals surface area contributed by atoms with Crippen molar-refractivity contribution in [1.29, 1.82) is 0 Å². The molecule has 4 unspecified atom stereocenters. The largest absolute Gasteiger partial charge is 0.382 e. The molecule has 0 aromatic carbocycles. The molecule has 3 nitrogen and oxygen atoms in total. The Morgan fingerprint density at radius 2 is 2.00 bits per heavy atom. The summed E-state index contributed by atoms with van der Waals surface area (Å²) in [5.41, 5.74) is 8.71. The zero-order chi connectivity index (χ0) is 11.6. The van der Waals surface area contributed by atoms with E-state index < -0.39 is 0 Å². The number of hydrogen-bond acceptors (Lipinski definition) is 2. The minimum atomic E-state index is 0.749. The topological polar surface area (TPSA) is 54.7 Å². The van der Waals surface area contributed by atoms with E-state index in [0.717, 1.165) is 48.2 Å². The van der Waals surface area contributed by atoms with Crippen molar-refractivity contribution in [3.05, 3.63) is 11.3 Å². The molecule has 0 radical (unpaired) electrons. The van der Waals surface area contributed by atoms with Crippen LogP contribution in [0.2, 0.25) is 0 Å². The van der Waals surface area contributed by atoms with Gasteiger partial charge in [-0.15, -0.1) is 0 Å². The van der Waals surface area contributed by atoms with Crippen LogP contribution in [0.5, 0.6) is 0 Å². The predicted octanol–water partition coefficient (Wildman–Crippen LogP) is 2.70. The van der Waals surface area contributed by atoms with Gasteiger partial charge in [-0.25, -0.2) is 0 Å². The van der Waals surface area contributed by atoms with Gasteiger partial charge in [0.1, 0.15) is 5.82 Å². The van der Waals surface area contributed by atoms with Gasteiger partial charge in [0.25, 0.3) is 0 Å². The van der Waals surface area contributed by atoms with Crippen molar-refractivity contribution in [3.8, 4) is 0 Å². The average molecular weight is 231 g/mol. The number of fused-ring (bicyclic) bond motifs is 5. The van der Waals surface area contributed by atoms with Crippen molar-refractivity contribution in [2.45, 2.75) is 44.9 Å². The van der Waals surface area contributed by atoms with Gasteiger partial charge in [-0.05, 0) is 49.4 Å². The van der Waals surface area contributed by atoms with Crippen molar-refractivity contribution in [2.24, 2.45) is 23.7 Å². The summed E-state index contributed by atoms with van der Waals surface area (Å²) < 4.78 is 0. The van der Waals surface area contributed by atoms with Gasteiger partial charge in [-0.1, -0.05) is 13.3 Å². The Balaban J connectivity index is 1.65. The maximum Gasteiger partial charge on any atom is 0.148 e. The molecule has 3 saturated carbocycles. The molecule has 4 rings (SSSR count). The maximum atomic E-state index is 5.99. The molecule has 0 spiro atoms. The Hall–Kier alpha value is -0.990. The lowest BCUT2D eigenvalue weighted by Crippen LogP contribution is -2.01. The van der Waals surface area contributed by atoms with Crippen LogP contribution in [0, 0.1) is 23.7 Å². The van der Waals surface area contributed by atoms with E-state index in [4.69, 9.17) is 5.73 Å². The van der Waals surface area contributed by atoms with Gasteiger partial charge in [-0.3, -0.25) is 5.10 Å². The number of nitrogen functional groups attached to an aromatic ring is 1. The lowest BCUT2D eigenvalue weighted by atomic mass is 9.97. The Morgan fingerprint density at radius 3 is 2.65 bits per heavy atom. The lowest BCUT2D eigenvalue weighted by molar-refractivity contribution is 0.456. The number of nitrogens with one attached hydrogen (secondary N) is 1. The standard InChI is InChI=1S/C14H21N3/c1-2-3-9-13(16-17-14(9)15)12-10-7-4-5-8(6-7)11(10)12/h7-8,10-12H,2-6H2,1H3,(H3,15,16,17). The van der Waals surface area contributed by atoms with E-state index in [1.807, 2.05) is 0 Å². The highest BCUT2D eigenvalue weighted by Gasteiger charge is 2.66. The van der Waals surface area contributed by atoms with Crippen LogP contribution in [-0.2, 0) is 6.42 Å². The lowest BCUT2D eigenvalue weighted by Gasteiger charge is -2.08. The molecule has 1 heterocycles. The molecule has 3 aliphatic rings. The third-order valence-electron chi connectivity index (χ3n) is 5.50. The number of anilines is 1. The molecule has 3 fully saturated rings. The van der Waals surface area contributed by atoms with Crippen molar-refractivity contribution in [2.75, 3.05) is 5.73 Å². The monoisotopic (exact) mass is 231 g/mol. The molecule has 0 aliphatic heterocycles. The SMILES string of the molecule is CCCc1c(N)n[nH]c1C1C2C3CCC(C3)C12. The number of nitrogens with two attached hydrogens (primary N) is 1. The van der Waals surface area contributed by atoms with Crippen molar-refractivity contribution >= 4 is 5.82 Å². The van der Waals surface area contributed by atoms with Gasteiger partial charge < -0.3 is 5.73 Å². The fourth-order valence-electron chi connectivity index (χ4n) is 4.89. The smallest absolute Gasteiger partial charge is 0.148 e. The number of H-pyrrole nitrogens is 1. The first-order chi connectivity index (χ1) is 8.31. The molecule has 3 heteroatoms. The molecule has 4 atom stereocenters. The van der Waals surface area contributed by atoms with Gasteiger partial charge in [-0.2, -0.15) is 5.10 Å². The number of nitrogens with zero attached hydrogens (tertiary/aromatic N) is 1. The highest BCUT2D eigenvalue weighted by atomic mass is 15.2. The molecule has 3 N–H and O–H groups in total. The van der Waals surface area contributed by atoms with Gasteiger partial charge >= 0.3 is 0 Å². The Morgan fingerprint density at radius 1 is 1.29 bits per heavy atom. The maximum absolute atomic E-state index is 5.99. The van der Waals surface area contributed by atoms with E-state index >= 15 is 0 Å². The number of aromatic nitrogens is 2. The van der Waals surface area contributed by atoms with Gasteiger partial charge in [0.15, 0.2) is 0 Å². The summed E-state index contributed by atoms with van der Waals surface area (Å²) in [5, 5.41) is 7.49.